The number of aliphatic imine (C=N–C) groups is 1. The van der Waals surface area contributed by atoms with Crippen molar-refractivity contribution in [1.29, 1.82) is 0 Å². The maximum atomic E-state index is 5.17. The molecular formula is C23H27NY. The molecule has 1 nitrogen and oxygen atoms in total. The predicted octanol–water partition coefficient (Wildman–Crippen LogP) is 5.49. The second-order valence-electron chi connectivity index (χ2n) is 7.65. The van der Waals surface area contributed by atoms with Crippen molar-refractivity contribution < 1.29 is 32.7 Å². The molecule has 0 amide bonds. The van der Waals surface area contributed by atoms with Crippen LogP contribution in [0.1, 0.15) is 43.7 Å². The Labute approximate surface area is 177 Å². The van der Waals surface area contributed by atoms with E-state index in [2.05, 4.69) is 67.6 Å². The molecule has 2 aromatic rings. The molecule has 25 heavy (non-hydrogen) atoms. The summed E-state index contributed by atoms with van der Waals surface area (Å²) in [5, 5.41) is 0. The van der Waals surface area contributed by atoms with E-state index in [0.717, 1.165) is 12.8 Å². The summed E-state index contributed by atoms with van der Waals surface area (Å²) in [6.07, 6.45) is 7.59. The molecule has 0 aromatic heterocycles. The molecule has 2 atom stereocenters. The second-order valence-corrected chi connectivity index (χ2v) is 7.65. The zero-order valence-corrected chi connectivity index (χ0v) is 18.0. The van der Waals surface area contributed by atoms with Crippen molar-refractivity contribution in [1.82, 2.24) is 0 Å². The fraction of sp³-hybridized carbons (Fsp3) is 0.435. The van der Waals surface area contributed by atoms with Gasteiger partial charge < -0.3 is 0 Å². The van der Waals surface area contributed by atoms with Crippen LogP contribution in [0.2, 0.25) is 0 Å². The topological polar surface area (TPSA) is 12.4 Å². The molecule has 0 N–H and O–H groups in total. The van der Waals surface area contributed by atoms with Gasteiger partial charge in [-0.15, -0.1) is 0 Å². The van der Waals surface area contributed by atoms with Crippen molar-refractivity contribution in [3.05, 3.63) is 71.8 Å². The molecule has 127 valence electrons. The van der Waals surface area contributed by atoms with Crippen LogP contribution >= 0.6 is 0 Å². The molecule has 0 bridgehead atoms. The summed E-state index contributed by atoms with van der Waals surface area (Å²) in [5.41, 5.74) is 4.50. The van der Waals surface area contributed by atoms with E-state index in [9.17, 15) is 0 Å². The van der Waals surface area contributed by atoms with Crippen molar-refractivity contribution >= 4 is 5.71 Å². The van der Waals surface area contributed by atoms with Crippen LogP contribution in [0.4, 0.5) is 0 Å². The molecule has 1 radical (unpaired) electrons. The van der Waals surface area contributed by atoms with Gasteiger partial charge in [0.1, 0.15) is 0 Å². The van der Waals surface area contributed by atoms with Crippen LogP contribution < -0.4 is 0 Å². The Morgan fingerprint density at radius 1 is 0.840 bits per heavy atom. The standard InChI is InChI=1S/C23H27N.Y/c1-18-23(16-19-10-4-2-5-11-19,17-20-12-6-3-7-13-20)21-14-8-9-15-22(21)24-18;/h2-7,10-13,21-22H,8-9,14-17H2,1H3;. The van der Waals surface area contributed by atoms with Crippen molar-refractivity contribution in [2.75, 3.05) is 0 Å². The number of rotatable bonds is 4. The maximum absolute atomic E-state index is 5.17. The smallest absolute Gasteiger partial charge is 0.0536 e. The van der Waals surface area contributed by atoms with Crippen molar-refractivity contribution in [3.63, 3.8) is 0 Å². The minimum atomic E-state index is 0. The van der Waals surface area contributed by atoms with E-state index >= 15 is 0 Å². The van der Waals surface area contributed by atoms with Crippen molar-refractivity contribution in [2.45, 2.75) is 51.5 Å². The predicted molar refractivity (Wildman–Crippen MR) is 102 cm³/mol. The number of hydrogen-bond donors (Lipinski definition) is 0. The fourth-order valence-electron chi connectivity index (χ4n) is 5.06. The quantitative estimate of drug-likeness (QED) is 0.637. The Kier molecular flexibility index (Phi) is 6.28. The van der Waals surface area contributed by atoms with Crippen LogP contribution in [0.3, 0.4) is 0 Å². The van der Waals surface area contributed by atoms with Gasteiger partial charge in [0, 0.05) is 43.8 Å². The van der Waals surface area contributed by atoms with Gasteiger partial charge in [-0.1, -0.05) is 73.5 Å². The average molecular weight is 406 g/mol. The average Bonchev–Trinajstić information content (AvgIpc) is 2.89. The van der Waals surface area contributed by atoms with E-state index < -0.39 is 0 Å². The zero-order valence-electron chi connectivity index (χ0n) is 15.2. The molecule has 2 aliphatic rings. The van der Waals surface area contributed by atoms with Crippen molar-refractivity contribution in [2.24, 2.45) is 16.3 Å². The van der Waals surface area contributed by atoms with Gasteiger partial charge in [0.05, 0.1) is 6.04 Å². The van der Waals surface area contributed by atoms with Crippen LogP contribution in [0.25, 0.3) is 0 Å². The van der Waals surface area contributed by atoms with Crippen LogP contribution in [0, 0.1) is 11.3 Å². The van der Waals surface area contributed by atoms with Gasteiger partial charge >= 0.3 is 0 Å². The monoisotopic (exact) mass is 406 g/mol. The summed E-state index contributed by atoms with van der Waals surface area (Å²) in [6, 6.07) is 22.6. The summed E-state index contributed by atoms with van der Waals surface area (Å²) in [4.78, 5) is 5.17. The van der Waals surface area contributed by atoms with Gasteiger partial charge in [0.25, 0.3) is 0 Å². The third-order valence-corrected chi connectivity index (χ3v) is 6.24. The Balaban J connectivity index is 0.00000182. The number of hydrogen-bond acceptors (Lipinski definition) is 1. The Morgan fingerprint density at radius 3 is 1.92 bits per heavy atom. The second kappa shape index (κ2) is 8.27. The molecule has 2 heteroatoms. The largest absolute Gasteiger partial charge is 0.290 e. The van der Waals surface area contributed by atoms with Crippen LogP contribution in [-0.4, -0.2) is 11.8 Å². The summed E-state index contributed by atoms with van der Waals surface area (Å²) < 4.78 is 0. The van der Waals surface area contributed by atoms with Gasteiger partial charge in [-0.2, -0.15) is 0 Å². The summed E-state index contributed by atoms with van der Waals surface area (Å²) in [7, 11) is 0. The Hall–Kier alpha value is -0.786. The molecule has 0 spiro atoms. The van der Waals surface area contributed by atoms with Gasteiger partial charge in [0.2, 0.25) is 0 Å². The molecule has 1 fully saturated rings. The Bertz CT molecular complexity index is 666. The molecule has 1 aliphatic carbocycles. The Morgan fingerprint density at radius 2 is 1.36 bits per heavy atom. The van der Waals surface area contributed by atoms with Crippen LogP contribution in [-0.2, 0) is 45.6 Å². The minimum absolute atomic E-state index is 0. The zero-order chi connectivity index (χ0) is 16.4. The number of nitrogens with zero attached hydrogens (tertiary/aromatic N) is 1. The van der Waals surface area contributed by atoms with E-state index in [4.69, 9.17) is 4.99 Å². The van der Waals surface area contributed by atoms with Crippen LogP contribution in [0.5, 0.6) is 0 Å². The van der Waals surface area contributed by atoms with E-state index in [1.807, 2.05) is 0 Å². The first-order valence-corrected chi connectivity index (χ1v) is 9.41. The fourth-order valence-corrected chi connectivity index (χ4v) is 5.06. The molecule has 0 saturated heterocycles. The van der Waals surface area contributed by atoms with Gasteiger partial charge in [-0.25, -0.2) is 0 Å². The van der Waals surface area contributed by atoms with Gasteiger partial charge in [-0.05, 0) is 49.7 Å². The molecular weight excluding hydrogens is 379 g/mol. The molecule has 1 aliphatic heterocycles. The third kappa shape index (κ3) is 3.83. The summed E-state index contributed by atoms with van der Waals surface area (Å²) in [5.74, 6) is 0.715. The summed E-state index contributed by atoms with van der Waals surface area (Å²) in [6.45, 7) is 2.30. The number of benzene rings is 2. The van der Waals surface area contributed by atoms with Crippen molar-refractivity contribution in [3.8, 4) is 0 Å². The van der Waals surface area contributed by atoms with E-state index in [1.165, 1.54) is 42.5 Å². The number of fused-ring (bicyclic) bond motifs is 1. The molecule has 2 unspecified atom stereocenters. The molecule has 2 aromatic carbocycles. The summed E-state index contributed by atoms with van der Waals surface area (Å²) >= 11 is 0. The first-order chi connectivity index (χ1) is 11.8. The normalized spacial score (nSPS) is 24.1. The third-order valence-electron chi connectivity index (χ3n) is 6.24. The van der Waals surface area contributed by atoms with E-state index in [0.29, 0.717) is 12.0 Å². The van der Waals surface area contributed by atoms with Gasteiger partial charge in [0.15, 0.2) is 0 Å². The molecule has 1 heterocycles. The van der Waals surface area contributed by atoms with E-state index in [1.54, 1.807) is 0 Å². The minimum Gasteiger partial charge on any atom is -0.290 e. The first-order valence-electron chi connectivity index (χ1n) is 9.41. The molecule has 4 rings (SSSR count). The first kappa shape index (κ1) is 19.0. The van der Waals surface area contributed by atoms with Gasteiger partial charge in [-0.3, -0.25) is 4.99 Å². The molecule has 1 saturated carbocycles. The maximum Gasteiger partial charge on any atom is 0.0536 e. The van der Waals surface area contributed by atoms with E-state index in [-0.39, 0.29) is 38.1 Å². The van der Waals surface area contributed by atoms with Crippen LogP contribution in [0.15, 0.2) is 65.7 Å². The SMILES string of the molecule is CC1=NC2CCCCC2C1(Cc1ccccc1)Cc1ccccc1.[Y].